The molecule has 0 amide bonds. The van der Waals surface area contributed by atoms with Gasteiger partial charge in [-0.2, -0.15) is 5.26 Å². The van der Waals surface area contributed by atoms with E-state index in [0.717, 1.165) is 19.6 Å². The van der Waals surface area contributed by atoms with Gasteiger partial charge in [-0.1, -0.05) is 6.92 Å². The highest BCUT2D eigenvalue weighted by Gasteiger charge is 2.03. The zero-order valence-corrected chi connectivity index (χ0v) is 10.9. The summed E-state index contributed by atoms with van der Waals surface area (Å²) in [6.45, 7) is 5.99. The van der Waals surface area contributed by atoms with Crippen LogP contribution in [0.15, 0.2) is 0 Å². The van der Waals surface area contributed by atoms with Gasteiger partial charge < -0.3 is 19.5 Å². The fourth-order valence-corrected chi connectivity index (χ4v) is 1.29. The molecule has 0 rings (SSSR count). The van der Waals surface area contributed by atoms with Crippen LogP contribution in [0.1, 0.15) is 19.8 Å². The second-order valence-electron chi connectivity index (χ2n) is 3.60. The van der Waals surface area contributed by atoms with E-state index in [-0.39, 0.29) is 6.04 Å². The van der Waals surface area contributed by atoms with Gasteiger partial charge >= 0.3 is 0 Å². The lowest BCUT2D eigenvalue weighted by molar-refractivity contribution is 0.0381. The molecule has 0 heterocycles. The summed E-state index contributed by atoms with van der Waals surface area (Å²) >= 11 is 0. The molecule has 0 aliphatic heterocycles. The van der Waals surface area contributed by atoms with E-state index >= 15 is 0 Å². The van der Waals surface area contributed by atoms with E-state index in [1.54, 1.807) is 7.11 Å². The van der Waals surface area contributed by atoms with Crippen molar-refractivity contribution in [2.45, 2.75) is 25.8 Å². The monoisotopic (exact) mass is 244 g/mol. The number of hydrogen-bond donors (Lipinski definition) is 1. The van der Waals surface area contributed by atoms with Crippen LogP contribution < -0.4 is 5.32 Å². The molecule has 1 unspecified atom stereocenters. The first-order valence-electron chi connectivity index (χ1n) is 6.12. The van der Waals surface area contributed by atoms with Crippen LogP contribution in [0.3, 0.4) is 0 Å². The minimum Gasteiger partial charge on any atom is -0.385 e. The maximum atomic E-state index is 8.78. The summed E-state index contributed by atoms with van der Waals surface area (Å²) in [6.07, 6.45) is 1.63. The number of nitrogens with zero attached hydrogens (tertiary/aromatic N) is 1. The van der Waals surface area contributed by atoms with Crippen LogP contribution in [0, 0.1) is 11.3 Å². The smallest absolute Gasteiger partial charge is 0.0974 e. The maximum absolute atomic E-state index is 8.78. The third-order valence-corrected chi connectivity index (χ3v) is 2.17. The predicted molar refractivity (Wildman–Crippen MR) is 65.8 cm³/mol. The van der Waals surface area contributed by atoms with Gasteiger partial charge in [0.05, 0.1) is 25.3 Å². The van der Waals surface area contributed by atoms with Gasteiger partial charge in [0, 0.05) is 26.9 Å². The largest absolute Gasteiger partial charge is 0.385 e. The minimum absolute atomic E-state index is 0.109. The molecule has 0 aliphatic rings. The summed E-state index contributed by atoms with van der Waals surface area (Å²) in [5.74, 6) is 0. The molecule has 100 valence electrons. The lowest BCUT2D eigenvalue weighted by Crippen LogP contribution is -2.28. The Balaban J connectivity index is 3.15. The summed E-state index contributed by atoms with van der Waals surface area (Å²) < 4.78 is 15.6. The van der Waals surface area contributed by atoms with Gasteiger partial charge in [-0.25, -0.2) is 0 Å². The predicted octanol–water partition coefficient (Wildman–Crippen LogP) is 0.948. The highest BCUT2D eigenvalue weighted by molar-refractivity contribution is 4.88. The third kappa shape index (κ3) is 11.6. The van der Waals surface area contributed by atoms with E-state index in [0.29, 0.717) is 32.8 Å². The van der Waals surface area contributed by atoms with E-state index < -0.39 is 0 Å². The normalized spacial score (nSPS) is 12.3. The molecule has 17 heavy (non-hydrogen) atoms. The summed E-state index contributed by atoms with van der Waals surface area (Å²) in [6, 6.07) is 2.08. The van der Waals surface area contributed by atoms with E-state index in [4.69, 9.17) is 19.5 Å². The Kier molecular flexibility index (Phi) is 12.9. The average molecular weight is 244 g/mol. The molecule has 0 bridgehead atoms. The molecular formula is C12H24N2O3. The van der Waals surface area contributed by atoms with Crippen molar-refractivity contribution in [2.75, 3.05) is 46.7 Å². The van der Waals surface area contributed by atoms with Crippen molar-refractivity contribution in [3.63, 3.8) is 0 Å². The molecule has 1 N–H and O–H groups in total. The SMILES string of the molecule is CCNC(C#N)CCOCCOCCCOC. The first-order chi connectivity index (χ1) is 8.35. The molecular weight excluding hydrogens is 220 g/mol. The fraction of sp³-hybridized carbons (Fsp3) is 0.917. The van der Waals surface area contributed by atoms with E-state index in [1.807, 2.05) is 6.92 Å². The number of rotatable bonds is 12. The first kappa shape index (κ1) is 16.3. The van der Waals surface area contributed by atoms with Crippen LogP contribution in [0.5, 0.6) is 0 Å². The molecule has 0 aromatic carbocycles. The highest BCUT2D eigenvalue weighted by atomic mass is 16.5. The zero-order chi connectivity index (χ0) is 12.8. The Morgan fingerprint density at radius 3 is 2.41 bits per heavy atom. The summed E-state index contributed by atoms with van der Waals surface area (Å²) in [4.78, 5) is 0. The van der Waals surface area contributed by atoms with Gasteiger partial charge in [0.1, 0.15) is 0 Å². The number of nitriles is 1. The molecule has 0 saturated carbocycles. The molecule has 0 fully saturated rings. The fourth-order valence-electron chi connectivity index (χ4n) is 1.29. The molecule has 0 aromatic rings. The molecule has 0 aliphatic carbocycles. The van der Waals surface area contributed by atoms with E-state index in [1.165, 1.54) is 0 Å². The molecule has 5 nitrogen and oxygen atoms in total. The number of hydrogen-bond acceptors (Lipinski definition) is 5. The highest BCUT2D eigenvalue weighted by Crippen LogP contribution is 1.92. The second-order valence-corrected chi connectivity index (χ2v) is 3.60. The van der Waals surface area contributed by atoms with Crippen LogP contribution in [0.4, 0.5) is 0 Å². The van der Waals surface area contributed by atoms with Crippen molar-refractivity contribution in [2.24, 2.45) is 0 Å². The van der Waals surface area contributed by atoms with Crippen molar-refractivity contribution in [1.29, 1.82) is 5.26 Å². The van der Waals surface area contributed by atoms with E-state index in [2.05, 4.69) is 11.4 Å². The lowest BCUT2D eigenvalue weighted by atomic mass is 10.2. The Labute approximate surface area is 104 Å². The van der Waals surface area contributed by atoms with Gasteiger partial charge in [0.15, 0.2) is 0 Å². The minimum atomic E-state index is -0.109. The van der Waals surface area contributed by atoms with Crippen LogP contribution in [0.25, 0.3) is 0 Å². The molecule has 1 atom stereocenters. The Morgan fingerprint density at radius 2 is 1.82 bits per heavy atom. The number of methoxy groups -OCH3 is 1. The second kappa shape index (κ2) is 13.4. The standard InChI is InChI=1S/C12H24N2O3/c1-3-14-12(11-13)5-8-17-10-9-16-7-4-6-15-2/h12,14H,3-10H2,1-2H3. The van der Waals surface area contributed by atoms with Gasteiger partial charge in [-0.05, 0) is 19.4 Å². The van der Waals surface area contributed by atoms with E-state index in [9.17, 15) is 0 Å². The Hall–Kier alpha value is -0.670. The van der Waals surface area contributed by atoms with Crippen LogP contribution in [0.2, 0.25) is 0 Å². The Bertz CT molecular complexity index is 195. The molecule has 0 aromatic heterocycles. The van der Waals surface area contributed by atoms with Crippen molar-refractivity contribution in [3.05, 3.63) is 0 Å². The maximum Gasteiger partial charge on any atom is 0.0974 e. The van der Waals surface area contributed by atoms with Crippen molar-refractivity contribution in [1.82, 2.24) is 5.32 Å². The summed E-state index contributed by atoms with van der Waals surface area (Å²) in [7, 11) is 1.68. The molecule has 5 heteroatoms. The first-order valence-corrected chi connectivity index (χ1v) is 6.12. The van der Waals surface area contributed by atoms with Crippen LogP contribution in [-0.4, -0.2) is 52.7 Å². The Morgan fingerprint density at radius 1 is 1.12 bits per heavy atom. The lowest BCUT2D eigenvalue weighted by Gasteiger charge is -2.10. The van der Waals surface area contributed by atoms with Gasteiger partial charge in [-0.3, -0.25) is 0 Å². The quantitative estimate of drug-likeness (QED) is 0.518. The number of nitrogens with one attached hydrogen (secondary N) is 1. The number of ether oxygens (including phenoxy) is 3. The van der Waals surface area contributed by atoms with Crippen LogP contribution in [-0.2, 0) is 14.2 Å². The average Bonchev–Trinajstić information content (AvgIpc) is 2.35. The molecule has 0 spiro atoms. The molecule has 0 saturated heterocycles. The summed E-state index contributed by atoms with van der Waals surface area (Å²) in [5, 5.41) is 11.8. The van der Waals surface area contributed by atoms with Gasteiger partial charge in [0.2, 0.25) is 0 Å². The van der Waals surface area contributed by atoms with Gasteiger partial charge in [-0.15, -0.1) is 0 Å². The third-order valence-electron chi connectivity index (χ3n) is 2.17. The topological polar surface area (TPSA) is 63.5 Å². The van der Waals surface area contributed by atoms with Gasteiger partial charge in [0.25, 0.3) is 0 Å². The summed E-state index contributed by atoms with van der Waals surface area (Å²) in [5.41, 5.74) is 0. The zero-order valence-electron chi connectivity index (χ0n) is 10.9. The van der Waals surface area contributed by atoms with Crippen molar-refractivity contribution >= 4 is 0 Å². The van der Waals surface area contributed by atoms with Crippen molar-refractivity contribution < 1.29 is 14.2 Å². The van der Waals surface area contributed by atoms with Crippen LogP contribution >= 0.6 is 0 Å². The molecule has 0 radical (unpaired) electrons. The van der Waals surface area contributed by atoms with Crippen molar-refractivity contribution in [3.8, 4) is 6.07 Å².